The Hall–Kier alpha value is -3.34. The van der Waals surface area contributed by atoms with Crippen molar-refractivity contribution >= 4 is 23.0 Å². The van der Waals surface area contributed by atoms with Crippen LogP contribution in [0.3, 0.4) is 0 Å². The zero-order valence-electron chi connectivity index (χ0n) is 14.4. The summed E-state index contributed by atoms with van der Waals surface area (Å²) in [7, 11) is 2.10. The largest absolute Gasteiger partial charge is 0.360 e. The first-order valence-corrected chi connectivity index (χ1v) is 8.75. The number of aromatic nitrogens is 1. The van der Waals surface area contributed by atoms with Crippen molar-refractivity contribution < 1.29 is 0 Å². The molecule has 3 heterocycles. The molecule has 0 radical (unpaired) electrons. The number of anilines is 3. The van der Waals surface area contributed by atoms with Gasteiger partial charge in [-0.2, -0.15) is 0 Å². The number of nitrogens with zero attached hydrogens (tertiary/aromatic N) is 4. The number of para-hydroxylation sites is 2. The summed E-state index contributed by atoms with van der Waals surface area (Å²) < 4.78 is 0. The van der Waals surface area contributed by atoms with Crippen molar-refractivity contribution in [2.45, 2.75) is 12.3 Å². The molecule has 1 aromatic heterocycles. The lowest BCUT2D eigenvalue weighted by atomic mass is 10.1. The van der Waals surface area contributed by atoms with E-state index in [1.165, 1.54) is 0 Å². The van der Waals surface area contributed by atoms with Gasteiger partial charge in [-0.05, 0) is 24.3 Å². The first kappa shape index (κ1) is 15.0. The zero-order chi connectivity index (χ0) is 17.5. The predicted molar refractivity (Wildman–Crippen MR) is 106 cm³/mol. The Morgan fingerprint density at radius 2 is 1.65 bits per heavy atom. The number of nitrogens with one attached hydrogen (secondary N) is 1. The van der Waals surface area contributed by atoms with Gasteiger partial charge in [-0.15, -0.1) is 0 Å². The molecule has 2 aliphatic rings. The van der Waals surface area contributed by atoms with Crippen LogP contribution in [0.5, 0.6) is 0 Å². The van der Waals surface area contributed by atoms with Gasteiger partial charge in [0.2, 0.25) is 0 Å². The summed E-state index contributed by atoms with van der Waals surface area (Å²) in [5.41, 5.74) is 3.36. The minimum absolute atomic E-state index is 0.0139. The van der Waals surface area contributed by atoms with Gasteiger partial charge in [0.15, 0.2) is 6.17 Å². The number of aliphatic imine (C=N–C) groups is 1. The van der Waals surface area contributed by atoms with Crippen LogP contribution in [0.1, 0.15) is 5.56 Å². The third-order valence-electron chi connectivity index (χ3n) is 4.96. The molecule has 0 bridgehead atoms. The van der Waals surface area contributed by atoms with Gasteiger partial charge in [0.1, 0.15) is 17.8 Å². The smallest absolute Gasteiger partial charge is 0.163 e. The second kappa shape index (κ2) is 5.88. The molecule has 0 spiro atoms. The molecule has 0 saturated carbocycles. The zero-order valence-corrected chi connectivity index (χ0v) is 14.4. The highest BCUT2D eigenvalue weighted by atomic mass is 15.5. The van der Waals surface area contributed by atoms with Crippen LogP contribution in [-0.4, -0.2) is 30.2 Å². The van der Waals surface area contributed by atoms with E-state index in [2.05, 4.69) is 63.5 Å². The van der Waals surface area contributed by atoms with Crippen LogP contribution >= 0.6 is 0 Å². The highest BCUT2D eigenvalue weighted by molar-refractivity contribution is 6.12. The van der Waals surface area contributed by atoms with Crippen LogP contribution in [-0.2, 0) is 0 Å². The molecule has 2 aliphatic heterocycles. The van der Waals surface area contributed by atoms with Gasteiger partial charge in [0.25, 0.3) is 0 Å². The first-order chi connectivity index (χ1) is 12.8. The van der Waals surface area contributed by atoms with Crippen molar-refractivity contribution in [3.05, 3.63) is 84.6 Å². The number of likely N-dealkylation sites (N-methyl/N-ethyl adjacent to an activating group) is 1. The predicted octanol–water partition coefficient (Wildman–Crippen LogP) is 3.56. The normalized spacial score (nSPS) is 20.9. The van der Waals surface area contributed by atoms with Crippen LogP contribution in [0.25, 0.3) is 0 Å². The van der Waals surface area contributed by atoms with E-state index in [0.29, 0.717) is 0 Å². The summed E-state index contributed by atoms with van der Waals surface area (Å²) in [4.78, 5) is 14.1. The number of hydrogen-bond acceptors (Lipinski definition) is 5. The van der Waals surface area contributed by atoms with E-state index in [0.717, 1.165) is 28.6 Å². The molecule has 0 amide bonds. The van der Waals surface area contributed by atoms with E-state index < -0.39 is 0 Å². The number of amidine groups is 1. The molecular weight excluding hydrogens is 322 g/mol. The van der Waals surface area contributed by atoms with E-state index in [1.54, 1.807) is 0 Å². The Morgan fingerprint density at radius 3 is 2.46 bits per heavy atom. The summed E-state index contributed by atoms with van der Waals surface area (Å²) in [6.07, 6.45) is 1.79. The molecule has 128 valence electrons. The third kappa shape index (κ3) is 2.24. The molecule has 5 nitrogen and oxygen atoms in total. The van der Waals surface area contributed by atoms with Crippen molar-refractivity contribution in [2.75, 3.05) is 22.2 Å². The summed E-state index contributed by atoms with van der Waals surface area (Å²) in [5, 5.41) is 3.67. The molecular formula is C21H19N5. The van der Waals surface area contributed by atoms with Crippen LogP contribution in [0, 0.1) is 0 Å². The number of rotatable bonds is 2. The number of hydrogen-bond donors (Lipinski definition) is 1. The average molecular weight is 341 g/mol. The van der Waals surface area contributed by atoms with Crippen molar-refractivity contribution in [3.8, 4) is 0 Å². The van der Waals surface area contributed by atoms with Gasteiger partial charge in [-0.3, -0.25) is 4.90 Å². The SMILES string of the molecule is CN1c2ccccc2N[C@H]2[C@H]1N=C(c1ccccc1)N2c1ccccn1. The van der Waals surface area contributed by atoms with Gasteiger partial charge in [0, 0.05) is 18.8 Å². The Kier molecular flexibility index (Phi) is 3.38. The monoisotopic (exact) mass is 341 g/mol. The molecule has 26 heavy (non-hydrogen) atoms. The lowest BCUT2D eigenvalue weighted by Crippen LogP contribution is -2.53. The fourth-order valence-corrected chi connectivity index (χ4v) is 3.71. The summed E-state index contributed by atoms with van der Waals surface area (Å²) in [5.74, 6) is 1.83. The second-order valence-electron chi connectivity index (χ2n) is 6.51. The Bertz CT molecular complexity index is 954. The molecule has 5 heteroatoms. The molecule has 0 saturated heterocycles. The van der Waals surface area contributed by atoms with Crippen LogP contribution in [0.15, 0.2) is 84.0 Å². The standard InChI is InChI=1S/C21H19N5/c1-25-17-12-6-5-11-16(17)23-21-20(25)24-19(15-9-3-2-4-10-15)26(21)18-13-7-8-14-22-18/h2-14,20-21,23H,1H3/t20-,21+/m0/s1. The minimum atomic E-state index is -0.0258. The molecule has 0 fully saturated rings. The summed E-state index contributed by atoms with van der Waals surface area (Å²) >= 11 is 0. The molecule has 0 unspecified atom stereocenters. The maximum Gasteiger partial charge on any atom is 0.163 e. The highest BCUT2D eigenvalue weighted by Gasteiger charge is 2.43. The van der Waals surface area contributed by atoms with E-state index in [1.807, 2.05) is 42.6 Å². The molecule has 3 aromatic rings. The van der Waals surface area contributed by atoms with Gasteiger partial charge >= 0.3 is 0 Å². The van der Waals surface area contributed by atoms with Crippen LogP contribution < -0.4 is 15.1 Å². The summed E-state index contributed by atoms with van der Waals surface area (Å²) in [6, 6.07) is 24.6. The highest BCUT2D eigenvalue weighted by Crippen LogP contribution is 2.38. The van der Waals surface area contributed by atoms with E-state index >= 15 is 0 Å². The Labute approximate surface area is 152 Å². The van der Waals surface area contributed by atoms with Gasteiger partial charge in [0.05, 0.1) is 11.4 Å². The fourth-order valence-electron chi connectivity index (χ4n) is 3.71. The minimum Gasteiger partial charge on any atom is -0.360 e. The van der Waals surface area contributed by atoms with Crippen LogP contribution in [0.2, 0.25) is 0 Å². The average Bonchev–Trinajstić information content (AvgIpc) is 3.09. The van der Waals surface area contributed by atoms with Crippen molar-refractivity contribution in [1.82, 2.24) is 4.98 Å². The van der Waals surface area contributed by atoms with Gasteiger partial charge in [-0.1, -0.05) is 48.5 Å². The maximum atomic E-state index is 5.08. The number of benzene rings is 2. The number of fused-ring (bicyclic) bond motifs is 2. The van der Waals surface area contributed by atoms with Crippen molar-refractivity contribution in [2.24, 2.45) is 4.99 Å². The molecule has 0 aliphatic carbocycles. The Balaban J connectivity index is 1.65. The maximum absolute atomic E-state index is 5.08. The summed E-state index contributed by atoms with van der Waals surface area (Å²) in [6.45, 7) is 0. The van der Waals surface area contributed by atoms with Gasteiger partial charge in [-0.25, -0.2) is 9.98 Å². The lowest BCUT2D eigenvalue weighted by Gasteiger charge is -2.40. The molecule has 2 atom stereocenters. The molecule has 2 aromatic carbocycles. The van der Waals surface area contributed by atoms with E-state index in [4.69, 9.17) is 4.99 Å². The Morgan fingerprint density at radius 1 is 0.885 bits per heavy atom. The quantitative estimate of drug-likeness (QED) is 0.774. The number of pyridine rings is 1. The molecule has 5 rings (SSSR count). The second-order valence-corrected chi connectivity index (χ2v) is 6.51. The van der Waals surface area contributed by atoms with Crippen LogP contribution in [0.4, 0.5) is 17.2 Å². The van der Waals surface area contributed by atoms with E-state index in [-0.39, 0.29) is 12.3 Å². The lowest BCUT2D eigenvalue weighted by molar-refractivity contribution is 0.576. The fraction of sp³-hybridized carbons (Fsp3) is 0.143. The van der Waals surface area contributed by atoms with Gasteiger partial charge < -0.3 is 10.2 Å². The topological polar surface area (TPSA) is 43.8 Å². The van der Waals surface area contributed by atoms with E-state index in [9.17, 15) is 0 Å². The first-order valence-electron chi connectivity index (χ1n) is 8.75. The van der Waals surface area contributed by atoms with Crippen molar-refractivity contribution in [3.63, 3.8) is 0 Å². The van der Waals surface area contributed by atoms with Crippen molar-refractivity contribution in [1.29, 1.82) is 0 Å². The molecule has 1 N–H and O–H groups in total. The third-order valence-corrected chi connectivity index (χ3v) is 4.96.